The zero-order valence-electron chi connectivity index (χ0n) is 18.7. The number of carbonyl (C=O) groups excluding carboxylic acids is 1. The fourth-order valence-corrected chi connectivity index (χ4v) is 4.55. The summed E-state index contributed by atoms with van der Waals surface area (Å²) in [6, 6.07) is 2.82. The molecule has 8 nitrogen and oxygen atoms in total. The van der Waals surface area contributed by atoms with Crippen LogP contribution in [0.1, 0.15) is 48.2 Å². The fraction of sp³-hybridized carbons (Fsp3) is 0.500. The largest absolute Gasteiger partial charge is 0.416 e. The van der Waals surface area contributed by atoms with Crippen molar-refractivity contribution in [1.82, 2.24) is 14.9 Å². The van der Waals surface area contributed by atoms with E-state index in [1.807, 2.05) is 0 Å². The number of methoxy groups -OCH3 is 1. The topological polar surface area (TPSA) is 103 Å². The normalized spacial score (nSPS) is 18.5. The molecule has 1 atom stereocenters. The fourth-order valence-electron chi connectivity index (χ4n) is 4.36. The molecule has 3 N–H and O–H groups in total. The molecule has 2 aliphatic rings. The summed E-state index contributed by atoms with van der Waals surface area (Å²) in [6.07, 6.45) is -3.63. The Balaban J connectivity index is 1.58. The number of aromatic nitrogens is 2. The van der Waals surface area contributed by atoms with Crippen molar-refractivity contribution >= 4 is 29.0 Å². The lowest BCUT2D eigenvalue weighted by Crippen LogP contribution is -2.51. The summed E-state index contributed by atoms with van der Waals surface area (Å²) >= 11 is 6.12. The first-order chi connectivity index (χ1) is 16.0. The molecule has 1 fully saturated rings. The van der Waals surface area contributed by atoms with Crippen LogP contribution >= 0.6 is 11.6 Å². The van der Waals surface area contributed by atoms with Crippen LogP contribution in [0.25, 0.3) is 0 Å². The number of halogens is 4. The first kappa shape index (κ1) is 24.5. The Morgan fingerprint density at radius 3 is 2.62 bits per heavy atom. The van der Waals surface area contributed by atoms with Gasteiger partial charge >= 0.3 is 6.18 Å². The minimum absolute atomic E-state index is 0.00233. The van der Waals surface area contributed by atoms with Gasteiger partial charge in [0.1, 0.15) is 5.82 Å². The number of rotatable bonds is 5. The van der Waals surface area contributed by atoms with E-state index in [0.29, 0.717) is 48.7 Å². The van der Waals surface area contributed by atoms with Crippen LogP contribution in [0.2, 0.25) is 5.28 Å². The number of nitrogens with two attached hydrogens (primary N) is 1. The Labute approximate surface area is 199 Å². The van der Waals surface area contributed by atoms with E-state index in [2.05, 4.69) is 15.3 Å². The van der Waals surface area contributed by atoms with Crippen LogP contribution in [-0.4, -0.2) is 46.7 Å². The second-order valence-corrected chi connectivity index (χ2v) is 8.83. The summed E-state index contributed by atoms with van der Waals surface area (Å²) < 4.78 is 50.7. The summed E-state index contributed by atoms with van der Waals surface area (Å²) in [6.45, 7) is 2.99. The van der Waals surface area contributed by atoms with Gasteiger partial charge in [0.25, 0.3) is 5.91 Å². The molecule has 12 heteroatoms. The molecule has 2 aliphatic heterocycles. The van der Waals surface area contributed by atoms with E-state index >= 15 is 0 Å². The Hall–Kier alpha value is -2.63. The smallest absolute Gasteiger partial charge is 0.399 e. The number of carbonyl (C=O) groups is 1. The van der Waals surface area contributed by atoms with E-state index in [0.717, 1.165) is 12.1 Å². The monoisotopic (exact) mass is 499 g/mol. The lowest BCUT2D eigenvalue weighted by molar-refractivity contribution is -0.167. The lowest BCUT2D eigenvalue weighted by atomic mass is 9.92. The van der Waals surface area contributed by atoms with Gasteiger partial charge in [-0.3, -0.25) is 4.79 Å². The molecule has 0 unspecified atom stereocenters. The number of nitrogens with zero attached hydrogens (tertiary/aromatic N) is 3. The van der Waals surface area contributed by atoms with Gasteiger partial charge in [-0.1, -0.05) is 0 Å². The molecule has 1 aromatic heterocycles. The minimum Gasteiger partial charge on any atom is -0.399 e. The van der Waals surface area contributed by atoms with Crippen molar-refractivity contribution in [1.29, 1.82) is 0 Å². The summed E-state index contributed by atoms with van der Waals surface area (Å²) in [5.74, 6) is 0.185. The number of alkyl halides is 3. The van der Waals surface area contributed by atoms with Gasteiger partial charge in [0, 0.05) is 44.4 Å². The van der Waals surface area contributed by atoms with Gasteiger partial charge < -0.3 is 25.4 Å². The first-order valence-electron chi connectivity index (χ1n) is 10.7. The number of nitrogens with one attached hydrogen (secondary N) is 1. The number of ether oxygens (including phenoxy) is 2. The Kier molecular flexibility index (Phi) is 6.63. The van der Waals surface area contributed by atoms with Crippen molar-refractivity contribution in [2.24, 2.45) is 0 Å². The molecule has 0 bridgehead atoms. The molecule has 0 saturated carbocycles. The molecule has 184 valence electrons. The molecule has 4 rings (SSSR count). The molecule has 34 heavy (non-hydrogen) atoms. The minimum atomic E-state index is -4.52. The maximum absolute atomic E-state index is 13.4. The number of anilines is 2. The van der Waals surface area contributed by atoms with Gasteiger partial charge in [0.15, 0.2) is 5.60 Å². The van der Waals surface area contributed by atoms with Crippen molar-refractivity contribution < 1.29 is 27.4 Å². The molecule has 0 spiro atoms. The van der Waals surface area contributed by atoms with Gasteiger partial charge in [-0.2, -0.15) is 13.2 Å². The summed E-state index contributed by atoms with van der Waals surface area (Å²) in [5, 5.41) is 3.09. The van der Waals surface area contributed by atoms with E-state index in [1.54, 1.807) is 11.8 Å². The van der Waals surface area contributed by atoms with Crippen LogP contribution in [0.5, 0.6) is 0 Å². The summed E-state index contributed by atoms with van der Waals surface area (Å²) in [7, 11) is 1.51. The van der Waals surface area contributed by atoms with Crippen molar-refractivity contribution in [3.05, 3.63) is 45.9 Å². The molecule has 1 saturated heterocycles. The number of hydrogen-bond donors (Lipinski definition) is 2. The molecule has 0 radical (unpaired) electrons. The predicted molar refractivity (Wildman–Crippen MR) is 119 cm³/mol. The molecule has 2 aromatic rings. The highest BCUT2D eigenvalue weighted by molar-refractivity contribution is 6.28. The van der Waals surface area contributed by atoms with Crippen molar-refractivity contribution in [3.8, 4) is 0 Å². The van der Waals surface area contributed by atoms with Crippen LogP contribution in [0.4, 0.5) is 24.7 Å². The SMILES string of the molecule is COC1(C(=O)N2Cc3nc(Cl)nc(N[C@H](C)c4cc(N)cc(C(F)(F)F)c4)c3C2)CCOCC1. The first-order valence-corrected chi connectivity index (χ1v) is 11.1. The molecular formula is C22H25ClF3N5O3. The molecular weight excluding hydrogens is 475 g/mol. The van der Waals surface area contributed by atoms with Crippen LogP contribution in [0.3, 0.4) is 0 Å². The van der Waals surface area contributed by atoms with E-state index in [9.17, 15) is 18.0 Å². The van der Waals surface area contributed by atoms with Gasteiger partial charge in [0.05, 0.1) is 30.4 Å². The third-order valence-electron chi connectivity index (χ3n) is 6.28. The third-order valence-corrected chi connectivity index (χ3v) is 6.45. The average molecular weight is 500 g/mol. The van der Waals surface area contributed by atoms with Crippen LogP contribution in [0, 0.1) is 0 Å². The zero-order chi connectivity index (χ0) is 24.7. The second-order valence-electron chi connectivity index (χ2n) is 8.49. The quantitative estimate of drug-likeness (QED) is 0.474. The van der Waals surface area contributed by atoms with Gasteiger partial charge in [-0.05, 0) is 42.3 Å². The van der Waals surface area contributed by atoms with E-state index in [1.165, 1.54) is 13.2 Å². The van der Waals surface area contributed by atoms with Gasteiger partial charge in [-0.15, -0.1) is 0 Å². The Morgan fingerprint density at radius 1 is 1.26 bits per heavy atom. The van der Waals surface area contributed by atoms with E-state index in [4.69, 9.17) is 26.8 Å². The second kappa shape index (κ2) is 9.20. The molecule has 0 aliphatic carbocycles. The van der Waals surface area contributed by atoms with Gasteiger partial charge in [0.2, 0.25) is 5.28 Å². The maximum atomic E-state index is 13.4. The van der Waals surface area contributed by atoms with Crippen molar-refractivity contribution in [2.75, 3.05) is 31.4 Å². The average Bonchev–Trinajstić information content (AvgIpc) is 3.22. The van der Waals surface area contributed by atoms with E-state index in [-0.39, 0.29) is 30.0 Å². The highest BCUT2D eigenvalue weighted by Crippen LogP contribution is 2.36. The third kappa shape index (κ3) is 4.77. The number of benzene rings is 1. The number of hydrogen-bond acceptors (Lipinski definition) is 7. The number of amides is 1. The van der Waals surface area contributed by atoms with Crippen LogP contribution in [-0.2, 0) is 33.5 Å². The highest BCUT2D eigenvalue weighted by atomic mass is 35.5. The molecule has 3 heterocycles. The number of fused-ring (bicyclic) bond motifs is 1. The maximum Gasteiger partial charge on any atom is 0.416 e. The van der Waals surface area contributed by atoms with Crippen LogP contribution < -0.4 is 11.1 Å². The lowest BCUT2D eigenvalue weighted by Gasteiger charge is -2.37. The van der Waals surface area contributed by atoms with E-state index < -0.39 is 23.4 Å². The van der Waals surface area contributed by atoms with Gasteiger partial charge in [-0.25, -0.2) is 9.97 Å². The zero-order valence-corrected chi connectivity index (χ0v) is 19.5. The Morgan fingerprint density at radius 2 is 1.97 bits per heavy atom. The molecule has 1 amide bonds. The van der Waals surface area contributed by atoms with Crippen molar-refractivity contribution in [2.45, 2.75) is 50.7 Å². The summed E-state index contributed by atoms with van der Waals surface area (Å²) in [5.41, 5.74) is 5.48. The van der Waals surface area contributed by atoms with Crippen molar-refractivity contribution in [3.63, 3.8) is 0 Å². The highest BCUT2D eigenvalue weighted by Gasteiger charge is 2.45. The summed E-state index contributed by atoms with van der Waals surface area (Å²) in [4.78, 5) is 23.5. The van der Waals surface area contributed by atoms with Crippen LogP contribution in [0.15, 0.2) is 18.2 Å². The molecule has 1 aromatic carbocycles. The predicted octanol–water partition coefficient (Wildman–Crippen LogP) is 3.94. The standard InChI is InChI=1S/C22H25ClF3N5O3/c1-12(13-7-14(22(24,25)26)9-15(27)8-13)28-18-16-10-31(11-17(16)29-20(23)30-18)19(32)21(33-2)3-5-34-6-4-21/h7-9,12H,3-6,10-11,27H2,1-2H3,(H,28,29,30)/t12-/m1/s1. The Bertz CT molecular complexity index is 1090. The number of nitrogen functional groups attached to an aromatic ring is 1.